The predicted octanol–water partition coefficient (Wildman–Crippen LogP) is 1.93. The van der Waals surface area contributed by atoms with Gasteiger partial charge in [0.2, 0.25) is 15.9 Å². The van der Waals surface area contributed by atoms with E-state index < -0.39 is 16.7 Å². The molecule has 116 valence electrons. The Morgan fingerprint density at radius 1 is 1.48 bits per heavy atom. The van der Waals surface area contributed by atoms with Crippen molar-refractivity contribution in [2.75, 3.05) is 25.1 Å². The molecule has 7 heteroatoms. The number of nitrogens with zero attached hydrogens (tertiary/aromatic N) is 1. The molecule has 1 N–H and O–H groups in total. The summed E-state index contributed by atoms with van der Waals surface area (Å²) in [5.41, 5.74) is 1.12. The van der Waals surface area contributed by atoms with Crippen LogP contribution < -0.4 is 5.32 Å². The summed E-state index contributed by atoms with van der Waals surface area (Å²) < 4.78 is 39.1. The van der Waals surface area contributed by atoms with Crippen LogP contribution in [0.4, 0.5) is 10.1 Å². The Kier molecular flexibility index (Phi) is 4.63. The highest BCUT2D eigenvalue weighted by Gasteiger charge is 2.33. The summed E-state index contributed by atoms with van der Waals surface area (Å²) >= 11 is 0. The minimum absolute atomic E-state index is 0.205. The molecule has 2 rings (SSSR count). The zero-order valence-corrected chi connectivity index (χ0v) is 12.9. The number of hydrogen-bond acceptors (Lipinski definition) is 3. The van der Waals surface area contributed by atoms with Crippen molar-refractivity contribution in [2.24, 2.45) is 5.92 Å². The lowest BCUT2D eigenvalue weighted by Crippen LogP contribution is -2.29. The van der Waals surface area contributed by atoms with Crippen molar-refractivity contribution in [3.05, 3.63) is 23.8 Å². The summed E-state index contributed by atoms with van der Waals surface area (Å²) in [5.74, 6) is -0.422. The normalized spacial score (nSPS) is 19.7. The van der Waals surface area contributed by atoms with Crippen LogP contribution in [0.1, 0.15) is 18.9 Å². The Labute approximate surface area is 124 Å². The van der Waals surface area contributed by atoms with Gasteiger partial charge in [-0.05, 0) is 37.1 Å². The monoisotopic (exact) mass is 314 g/mol. The first-order valence-electron chi connectivity index (χ1n) is 6.79. The van der Waals surface area contributed by atoms with Crippen LogP contribution in [-0.2, 0) is 14.8 Å². The number of benzene rings is 1. The Bertz CT molecular complexity index is 646. The van der Waals surface area contributed by atoms with Gasteiger partial charge in [-0.25, -0.2) is 8.42 Å². The Morgan fingerprint density at radius 3 is 2.71 bits per heavy atom. The molecule has 1 fully saturated rings. The molecular formula is C14H19FN2O3S. The molecule has 1 unspecified atom stereocenters. The van der Waals surface area contributed by atoms with E-state index in [-0.39, 0.29) is 23.3 Å². The van der Waals surface area contributed by atoms with Crippen LogP contribution in [0.15, 0.2) is 23.1 Å². The molecule has 0 spiro atoms. The zero-order chi connectivity index (χ0) is 15.6. The molecule has 0 radical (unpaired) electrons. The van der Waals surface area contributed by atoms with Crippen molar-refractivity contribution in [2.45, 2.75) is 25.2 Å². The number of halogens is 1. The molecule has 5 nitrogen and oxygen atoms in total. The van der Waals surface area contributed by atoms with Crippen molar-refractivity contribution >= 4 is 21.6 Å². The maximum atomic E-state index is 12.7. The molecule has 0 aromatic heterocycles. The van der Waals surface area contributed by atoms with E-state index in [4.69, 9.17) is 0 Å². The van der Waals surface area contributed by atoms with Crippen molar-refractivity contribution in [1.82, 2.24) is 4.31 Å². The summed E-state index contributed by atoms with van der Waals surface area (Å²) in [6, 6.07) is 4.67. The van der Waals surface area contributed by atoms with Gasteiger partial charge in [0.15, 0.2) is 0 Å². The van der Waals surface area contributed by atoms with Gasteiger partial charge in [-0.15, -0.1) is 0 Å². The standard InChI is InChI=1S/C14H19FN2O3S/c1-10-7-13(16-11(2)18)3-4-14(10)21(19,20)17-6-5-12(8-15)9-17/h3-4,7,12H,5-6,8-9H2,1-2H3,(H,16,18). The predicted molar refractivity (Wildman–Crippen MR) is 78.3 cm³/mol. The first-order valence-corrected chi connectivity index (χ1v) is 8.23. The molecule has 21 heavy (non-hydrogen) atoms. The highest BCUT2D eigenvalue weighted by atomic mass is 32.2. The molecule has 0 saturated carbocycles. The topological polar surface area (TPSA) is 66.5 Å². The summed E-state index contributed by atoms with van der Waals surface area (Å²) in [7, 11) is -3.60. The lowest BCUT2D eigenvalue weighted by atomic mass is 10.1. The third-order valence-corrected chi connectivity index (χ3v) is 5.61. The number of aryl methyl sites for hydroxylation is 1. The second-order valence-electron chi connectivity index (χ2n) is 5.33. The van der Waals surface area contributed by atoms with Crippen molar-refractivity contribution < 1.29 is 17.6 Å². The van der Waals surface area contributed by atoms with Gasteiger partial charge in [0.1, 0.15) is 0 Å². The van der Waals surface area contributed by atoms with E-state index in [0.29, 0.717) is 24.2 Å². The number of rotatable bonds is 4. The number of alkyl halides is 1. The van der Waals surface area contributed by atoms with Gasteiger partial charge in [-0.3, -0.25) is 9.18 Å². The van der Waals surface area contributed by atoms with E-state index in [1.165, 1.54) is 17.3 Å². The highest BCUT2D eigenvalue weighted by molar-refractivity contribution is 7.89. The highest BCUT2D eigenvalue weighted by Crippen LogP contribution is 2.27. The Morgan fingerprint density at radius 2 is 2.19 bits per heavy atom. The first kappa shape index (κ1) is 15.9. The van der Waals surface area contributed by atoms with E-state index >= 15 is 0 Å². The van der Waals surface area contributed by atoms with Crippen LogP contribution >= 0.6 is 0 Å². The second-order valence-corrected chi connectivity index (χ2v) is 7.24. The van der Waals surface area contributed by atoms with Crippen LogP contribution in [0.3, 0.4) is 0 Å². The molecule has 1 aromatic rings. The number of amides is 1. The largest absolute Gasteiger partial charge is 0.326 e. The average molecular weight is 314 g/mol. The second kappa shape index (κ2) is 6.11. The summed E-state index contributed by atoms with van der Waals surface area (Å²) in [6.45, 7) is 3.16. The molecule has 0 aliphatic carbocycles. The summed E-state index contributed by atoms with van der Waals surface area (Å²) in [4.78, 5) is 11.2. The average Bonchev–Trinajstić information content (AvgIpc) is 2.87. The molecule has 1 aromatic carbocycles. The third kappa shape index (κ3) is 3.41. The zero-order valence-electron chi connectivity index (χ0n) is 12.1. The van der Waals surface area contributed by atoms with Crippen molar-refractivity contribution in [3.63, 3.8) is 0 Å². The van der Waals surface area contributed by atoms with E-state index in [1.807, 2.05) is 0 Å². The number of carbonyl (C=O) groups excluding carboxylic acids is 1. The molecular weight excluding hydrogens is 295 g/mol. The number of anilines is 1. The molecule has 1 heterocycles. The first-order chi connectivity index (χ1) is 9.84. The Balaban J connectivity index is 2.26. The molecule has 0 bridgehead atoms. The maximum absolute atomic E-state index is 12.7. The fourth-order valence-corrected chi connectivity index (χ4v) is 4.24. The van der Waals surface area contributed by atoms with Crippen LogP contribution in [-0.4, -0.2) is 38.4 Å². The van der Waals surface area contributed by atoms with E-state index in [0.717, 1.165) is 0 Å². The molecule has 1 aliphatic rings. The van der Waals surface area contributed by atoms with Crippen molar-refractivity contribution in [1.29, 1.82) is 0 Å². The molecule has 1 saturated heterocycles. The third-order valence-electron chi connectivity index (χ3n) is 3.58. The van der Waals surface area contributed by atoms with E-state index in [9.17, 15) is 17.6 Å². The molecule has 1 atom stereocenters. The summed E-state index contributed by atoms with van der Waals surface area (Å²) in [6.07, 6.45) is 0.554. The minimum Gasteiger partial charge on any atom is -0.326 e. The van der Waals surface area contributed by atoms with Crippen LogP contribution in [0, 0.1) is 12.8 Å². The maximum Gasteiger partial charge on any atom is 0.243 e. The van der Waals surface area contributed by atoms with Gasteiger partial charge in [0.05, 0.1) is 11.6 Å². The fraction of sp³-hybridized carbons (Fsp3) is 0.500. The van der Waals surface area contributed by atoms with Crippen molar-refractivity contribution in [3.8, 4) is 0 Å². The van der Waals surface area contributed by atoms with Gasteiger partial charge < -0.3 is 5.32 Å². The van der Waals surface area contributed by atoms with Crippen LogP contribution in [0.2, 0.25) is 0 Å². The molecule has 1 amide bonds. The SMILES string of the molecule is CC(=O)Nc1ccc(S(=O)(=O)N2CCC(CF)C2)c(C)c1. The molecule has 1 aliphatic heterocycles. The number of sulfonamides is 1. The minimum atomic E-state index is -3.60. The van der Waals surface area contributed by atoms with Crippen LogP contribution in [0.25, 0.3) is 0 Å². The van der Waals surface area contributed by atoms with Gasteiger partial charge in [-0.1, -0.05) is 0 Å². The lowest BCUT2D eigenvalue weighted by Gasteiger charge is -2.18. The van der Waals surface area contributed by atoms with Gasteiger partial charge in [0, 0.05) is 31.6 Å². The Hall–Kier alpha value is -1.47. The van der Waals surface area contributed by atoms with E-state index in [1.54, 1.807) is 19.1 Å². The smallest absolute Gasteiger partial charge is 0.243 e. The van der Waals surface area contributed by atoms with Crippen LogP contribution in [0.5, 0.6) is 0 Å². The van der Waals surface area contributed by atoms with Gasteiger partial charge in [0.25, 0.3) is 0 Å². The van der Waals surface area contributed by atoms with Gasteiger partial charge in [-0.2, -0.15) is 4.31 Å². The van der Waals surface area contributed by atoms with E-state index in [2.05, 4.69) is 5.32 Å². The lowest BCUT2D eigenvalue weighted by molar-refractivity contribution is -0.114. The quantitative estimate of drug-likeness (QED) is 0.923. The summed E-state index contributed by atoms with van der Waals surface area (Å²) in [5, 5.41) is 2.61. The fourth-order valence-electron chi connectivity index (χ4n) is 2.50. The number of nitrogens with one attached hydrogen (secondary N) is 1. The number of carbonyl (C=O) groups is 1. The van der Waals surface area contributed by atoms with Gasteiger partial charge >= 0.3 is 0 Å². The number of hydrogen-bond donors (Lipinski definition) is 1.